The maximum absolute atomic E-state index is 14.5. The average molecular weight is 193 g/mol. The maximum Gasteiger partial charge on any atom is 0.148 e. The molecule has 2 heteroatoms. The molecule has 0 bridgehead atoms. The summed E-state index contributed by atoms with van der Waals surface area (Å²) in [7, 11) is 0. The number of alkyl halides is 1. The van der Waals surface area contributed by atoms with Crippen molar-refractivity contribution in [3.63, 3.8) is 0 Å². The Bertz CT molecular complexity index is 288. The van der Waals surface area contributed by atoms with E-state index in [1.54, 1.807) is 6.92 Å². The van der Waals surface area contributed by atoms with Crippen molar-refractivity contribution in [1.82, 2.24) is 5.32 Å². The Balaban J connectivity index is 2.22. The smallest absolute Gasteiger partial charge is 0.148 e. The fraction of sp³-hybridized carbons (Fsp3) is 0.500. The van der Waals surface area contributed by atoms with Crippen LogP contribution in [0.25, 0.3) is 0 Å². The molecule has 0 aromatic heterocycles. The highest BCUT2D eigenvalue weighted by molar-refractivity contribution is 5.24. The quantitative estimate of drug-likeness (QED) is 0.761. The van der Waals surface area contributed by atoms with Crippen molar-refractivity contribution in [3.05, 3.63) is 35.9 Å². The van der Waals surface area contributed by atoms with Gasteiger partial charge in [0, 0.05) is 6.04 Å². The molecule has 1 aliphatic heterocycles. The van der Waals surface area contributed by atoms with Crippen molar-refractivity contribution in [3.8, 4) is 0 Å². The van der Waals surface area contributed by atoms with Crippen LogP contribution < -0.4 is 5.32 Å². The number of halogens is 1. The Hall–Kier alpha value is -0.890. The van der Waals surface area contributed by atoms with E-state index in [9.17, 15) is 4.39 Å². The van der Waals surface area contributed by atoms with Gasteiger partial charge in [0.1, 0.15) is 5.67 Å². The fourth-order valence-electron chi connectivity index (χ4n) is 2.11. The summed E-state index contributed by atoms with van der Waals surface area (Å²) in [5, 5.41) is 3.22. The van der Waals surface area contributed by atoms with E-state index in [4.69, 9.17) is 0 Å². The third kappa shape index (κ3) is 1.67. The highest BCUT2D eigenvalue weighted by atomic mass is 19.1. The molecule has 1 N–H and O–H groups in total. The molecule has 1 aromatic carbocycles. The zero-order valence-corrected chi connectivity index (χ0v) is 8.46. The lowest BCUT2D eigenvalue weighted by Crippen LogP contribution is -2.39. The van der Waals surface area contributed by atoms with Gasteiger partial charge in [0.25, 0.3) is 0 Å². The Kier molecular flexibility index (Phi) is 2.55. The molecule has 1 aromatic rings. The number of benzene rings is 1. The monoisotopic (exact) mass is 193 g/mol. The Morgan fingerprint density at radius 1 is 1.36 bits per heavy atom. The Labute approximate surface area is 84.3 Å². The first-order chi connectivity index (χ1) is 6.71. The zero-order chi connectivity index (χ0) is 10.0. The van der Waals surface area contributed by atoms with Crippen LogP contribution in [-0.2, 0) is 5.67 Å². The predicted molar refractivity (Wildman–Crippen MR) is 55.9 cm³/mol. The van der Waals surface area contributed by atoms with Gasteiger partial charge in [0.15, 0.2) is 0 Å². The molecule has 1 nitrogen and oxygen atoms in total. The van der Waals surface area contributed by atoms with Crippen LogP contribution in [0.3, 0.4) is 0 Å². The van der Waals surface area contributed by atoms with Crippen LogP contribution in [0, 0.1) is 0 Å². The molecule has 0 aliphatic carbocycles. The first-order valence-corrected chi connectivity index (χ1v) is 5.19. The molecule has 76 valence electrons. The van der Waals surface area contributed by atoms with Gasteiger partial charge in [-0.25, -0.2) is 4.39 Å². The van der Waals surface area contributed by atoms with E-state index in [2.05, 4.69) is 5.32 Å². The summed E-state index contributed by atoms with van der Waals surface area (Å²) in [6.07, 6.45) is 2.01. The highest BCUT2D eigenvalue weighted by Gasteiger charge is 2.37. The van der Waals surface area contributed by atoms with Crippen molar-refractivity contribution in [2.45, 2.75) is 31.5 Å². The fourth-order valence-corrected chi connectivity index (χ4v) is 2.11. The van der Waals surface area contributed by atoms with Gasteiger partial charge >= 0.3 is 0 Å². The van der Waals surface area contributed by atoms with Crippen LogP contribution >= 0.6 is 0 Å². The predicted octanol–water partition coefficient (Wildman–Crippen LogP) is 2.62. The summed E-state index contributed by atoms with van der Waals surface area (Å²) in [4.78, 5) is 0. The molecule has 1 heterocycles. The van der Waals surface area contributed by atoms with E-state index in [1.165, 1.54) is 0 Å². The van der Waals surface area contributed by atoms with Crippen molar-refractivity contribution in [2.24, 2.45) is 0 Å². The van der Waals surface area contributed by atoms with Gasteiger partial charge in [-0.1, -0.05) is 30.3 Å². The maximum atomic E-state index is 14.5. The first-order valence-electron chi connectivity index (χ1n) is 5.19. The number of hydrogen-bond acceptors (Lipinski definition) is 1. The molecule has 0 amide bonds. The van der Waals surface area contributed by atoms with Gasteiger partial charge in [-0.2, -0.15) is 0 Å². The molecule has 0 radical (unpaired) electrons. The summed E-state index contributed by atoms with van der Waals surface area (Å²) in [5.41, 5.74) is -0.461. The number of nitrogens with one attached hydrogen (secondary N) is 1. The summed E-state index contributed by atoms with van der Waals surface area (Å²) >= 11 is 0. The lowest BCUT2D eigenvalue weighted by atomic mass is 9.89. The summed E-state index contributed by atoms with van der Waals surface area (Å²) in [5.74, 6) is 0. The minimum Gasteiger partial charge on any atom is -0.311 e. The molecule has 1 saturated heterocycles. The zero-order valence-electron chi connectivity index (χ0n) is 8.46. The molecule has 2 unspecified atom stereocenters. The second-order valence-electron chi connectivity index (χ2n) is 4.09. The van der Waals surface area contributed by atoms with Crippen LogP contribution in [0.4, 0.5) is 4.39 Å². The molecule has 1 fully saturated rings. The minimum atomic E-state index is -1.24. The highest BCUT2D eigenvalue weighted by Crippen LogP contribution is 2.33. The number of rotatable bonds is 2. The van der Waals surface area contributed by atoms with Gasteiger partial charge in [-0.15, -0.1) is 0 Å². The second-order valence-corrected chi connectivity index (χ2v) is 4.09. The van der Waals surface area contributed by atoms with Gasteiger partial charge < -0.3 is 5.32 Å². The van der Waals surface area contributed by atoms with E-state index in [-0.39, 0.29) is 6.04 Å². The molecular weight excluding hydrogens is 177 g/mol. The van der Waals surface area contributed by atoms with Crippen molar-refractivity contribution in [2.75, 3.05) is 6.54 Å². The van der Waals surface area contributed by atoms with Crippen LogP contribution in [0.1, 0.15) is 25.3 Å². The number of hydrogen-bond donors (Lipinski definition) is 1. The van der Waals surface area contributed by atoms with E-state index in [0.717, 1.165) is 24.9 Å². The summed E-state index contributed by atoms with van der Waals surface area (Å²) in [6.45, 7) is 2.61. The molecule has 14 heavy (non-hydrogen) atoms. The molecule has 1 aliphatic rings. The molecule has 2 atom stereocenters. The van der Waals surface area contributed by atoms with Gasteiger partial charge in [-0.05, 0) is 31.9 Å². The lowest BCUT2D eigenvalue weighted by molar-refractivity contribution is 0.137. The van der Waals surface area contributed by atoms with Crippen molar-refractivity contribution in [1.29, 1.82) is 0 Å². The van der Waals surface area contributed by atoms with Crippen LogP contribution in [0.15, 0.2) is 30.3 Å². The van der Waals surface area contributed by atoms with Gasteiger partial charge in [-0.3, -0.25) is 0 Å². The minimum absolute atomic E-state index is 0.0232. The largest absolute Gasteiger partial charge is 0.311 e. The van der Waals surface area contributed by atoms with Crippen molar-refractivity contribution < 1.29 is 4.39 Å². The van der Waals surface area contributed by atoms with Crippen molar-refractivity contribution >= 4 is 0 Å². The molecule has 2 rings (SSSR count). The summed E-state index contributed by atoms with van der Waals surface area (Å²) < 4.78 is 14.5. The molecule has 0 saturated carbocycles. The first kappa shape index (κ1) is 9.66. The molecular formula is C12H16FN. The third-order valence-corrected chi connectivity index (χ3v) is 3.05. The van der Waals surface area contributed by atoms with E-state index in [1.807, 2.05) is 30.3 Å². The molecule has 0 spiro atoms. The lowest BCUT2D eigenvalue weighted by Gasteiger charge is -2.27. The summed E-state index contributed by atoms with van der Waals surface area (Å²) in [6, 6.07) is 9.40. The van der Waals surface area contributed by atoms with E-state index >= 15 is 0 Å². The van der Waals surface area contributed by atoms with Gasteiger partial charge in [0.2, 0.25) is 0 Å². The van der Waals surface area contributed by atoms with Crippen LogP contribution in [0.2, 0.25) is 0 Å². The third-order valence-electron chi connectivity index (χ3n) is 3.05. The topological polar surface area (TPSA) is 12.0 Å². The van der Waals surface area contributed by atoms with Crippen LogP contribution in [-0.4, -0.2) is 12.6 Å². The average Bonchev–Trinajstić information content (AvgIpc) is 2.72. The second kappa shape index (κ2) is 3.70. The van der Waals surface area contributed by atoms with Crippen LogP contribution in [0.5, 0.6) is 0 Å². The van der Waals surface area contributed by atoms with E-state index in [0.29, 0.717) is 0 Å². The normalized spacial score (nSPS) is 26.0. The Morgan fingerprint density at radius 2 is 2.07 bits per heavy atom. The van der Waals surface area contributed by atoms with Gasteiger partial charge in [0.05, 0.1) is 0 Å². The SMILES string of the molecule is CC(F)(c1ccccc1)C1CCCN1. The van der Waals surface area contributed by atoms with E-state index < -0.39 is 5.67 Å². The Morgan fingerprint density at radius 3 is 2.64 bits per heavy atom. The standard InChI is InChI=1S/C12H16FN/c1-12(13,11-8-5-9-14-11)10-6-3-2-4-7-10/h2-4,6-7,11,14H,5,8-9H2,1H3.